The predicted molar refractivity (Wildman–Crippen MR) is 91.7 cm³/mol. The normalized spacial score (nSPS) is 10.0. The molecule has 120 valence electrons. The zero-order valence-electron chi connectivity index (χ0n) is 12.1. The number of para-hydroxylation sites is 1. The maximum atomic E-state index is 12.0. The van der Waals surface area contributed by atoms with Crippen molar-refractivity contribution in [1.29, 1.82) is 0 Å². The number of benzene rings is 2. The summed E-state index contributed by atoms with van der Waals surface area (Å²) in [4.78, 5) is 23.0. The SMILES string of the molecule is COc1ccc(C=O)c(Br)c1OCC(=O)Nc1ccccc1Cl. The molecule has 0 bridgehead atoms. The third-order valence-corrected chi connectivity index (χ3v) is 4.08. The van der Waals surface area contributed by atoms with Crippen LogP contribution in [-0.2, 0) is 4.79 Å². The van der Waals surface area contributed by atoms with Gasteiger partial charge in [-0.3, -0.25) is 9.59 Å². The van der Waals surface area contributed by atoms with Gasteiger partial charge in [0.05, 0.1) is 22.3 Å². The van der Waals surface area contributed by atoms with Gasteiger partial charge in [0.2, 0.25) is 0 Å². The molecular formula is C16H13BrClNO4. The van der Waals surface area contributed by atoms with E-state index in [4.69, 9.17) is 21.1 Å². The minimum absolute atomic E-state index is 0.261. The Morgan fingerprint density at radius 2 is 2.04 bits per heavy atom. The average Bonchev–Trinajstić information content (AvgIpc) is 2.55. The maximum absolute atomic E-state index is 12.0. The first-order valence-electron chi connectivity index (χ1n) is 6.55. The van der Waals surface area contributed by atoms with Crippen molar-refractivity contribution < 1.29 is 19.1 Å². The van der Waals surface area contributed by atoms with Crippen molar-refractivity contribution in [3.8, 4) is 11.5 Å². The number of methoxy groups -OCH3 is 1. The van der Waals surface area contributed by atoms with Crippen molar-refractivity contribution in [3.05, 3.63) is 51.5 Å². The number of carbonyl (C=O) groups is 2. The molecule has 1 amide bonds. The summed E-state index contributed by atoms with van der Waals surface area (Å²) >= 11 is 9.25. The van der Waals surface area contributed by atoms with Gasteiger partial charge in [-0.05, 0) is 40.2 Å². The molecule has 0 aromatic heterocycles. The van der Waals surface area contributed by atoms with Crippen molar-refractivity contribution in [2.45, 2.75) is 0 Å². The first kappa shape index (κ1) is 17.3. The molecule has 1 N–H and O–H groups in total. The molecule has 0 radical (unpaired) electrons. The van der Waals surface area contributed by atoms with Gasteiger partial charge >= 0.3 is 0 Å². The van der Waals surface area contributed by atoms with Gasteiger partial charge < -0.3 is 14.8 Å². The van der Waals surface area contributed by atoms with E-state index >= 15 is 0 Å². The van der Waals surface area contributed by atoms with E-state index in [9.17, 15) is 9.59 Å². The average molecular weight is 399 g/mol. The lowest BCUT2D eigenvalue weighted by Crippen LogP contribution is -2.20. The fraction of sp³-hybridized carbons (Fsp3) is 0.125. The van der Waals surface area contributed by atoms with Crippen LogP contribution in [0.5, 0.6) is 11.5 Å². The second kappa shape index (κ2) is 7.99. The van der Waals surface area contributed by atoms with E-state index < -0.39 is 0 Å². The highest BCUT2D eigenvalue weighted by atomic mass is 79.9. The summed E-state index contributed by atoms with van der Waals surface area (Å²) in [5.41, 5.74) is 0.891. The Balaban J connectivity index is 2.10. The lowest BCUT2D eigenvalue weighted by Gasteiger charge is -2.13. The van der Waals surface area contributed by atoms with Gasteiger partial charge in [-0.1, -0.05) is 23.7 Å². The van der Waals surface area contributed by atoms with Crippen LogP contribution in [-0.4, -0.2) is 25.9 Å². The summed E-state index contributed by atoms with van der Waals surface area (Å²) in [5, 5.41) is 3.08. The van der Waals surface area contributed by atoms with E-state index in [0.29, 0.717) is 32.8 Å². The quantitative estimate of drug-likeness (QED) is 0.749. The van der Waals surface area contributed by atoms with Gasteiger partial charge in [0, 0.05) is 5.56 Å². The smallest absolute Gasteiger partial charge is 0.262 e. The number of hydrogen-bond acceptors (Lipinski definition) is 4. The van der Waals surface area contributed by atoms with Crippen molar-refractivity contribution in [3.63, 3.8) is 0 Å². The number of hydrogen-bond donors (Lipinski definition) is 1. The van der Waals surface area contributed by atoms with Crippen molar-refractivity contribution in [2.75, 3.05) is 19.0 Å². The Morgan fingerprint density at radius 3 is 2.70 bits per heavy atom. The second-order valence-electron chi connectivity index (χ2n) is 4.43. The molecule has 0 aliphatic carbocycles. The van der Waals surface area contributed by atoms with Crippen molar-refractivity contribution in [1.82, 2.24) is 0 Å². The van der Waals surface area contributed by atoms with Gasteiger partial charge in [-0.2, -0.15) is 0 Å². The van der Waals surface area contributed by atoms with E-state index in [2.05, 4.69) is 21.2 Å². The number of anilines is 1. The van der Waals surface area contributed by atoms with E-state index in [1.54, 1.807) is 36.4 Å². The zero-order chi connectivity index (χ0) is 16.8. The molecule has 0 atom stereocenters. The number of carbonyl (C=O) groups excluding carboxylic acids is 2. The lowest BCUT2D eigenvalue weighted by molar-refractivity contribution is -0.118. The highest BCUT2D eigenvalue weighted by Gasteiger charge is 2.15. The summed E-state index contributed by atoms with van der Waals surface area (Å²) in [6.07, 6.45) is 0.681. The summed E-state index contributed by atoms with van der Waals surface area (Å²) in [6, 6.07) is 10.1. The van der Waals surface area contributed by atoms with Crippen LogP contribution in [0.2, 0.25) is 5.02 Å². The Hall–Kier alpha value is -2.05. The predicted octanol–water partition coefficient (Wildman–Crippen LogP) is 3.94. The molecule has 2 aromatic rings. The molecule has 0 spiro atoms. The topological polar surface area (TPSA) is 64.6 Å². The van der Waals surface area contributed by atoms with Gasteiger partial charge in [0.15, 0.2) is 24.4 Å². The Kier molecular flexibility index (Phi) is 6.01. The molecule has 0 aliphatic rings. The van der Waals surface area contributed by atoms with Crippen LogP contribution in [0.3, 0.4) is 0 Å². The highest BCUT2D eigenvalue weighted by molar-refractivity contribution is 9.10. The molecule has 23 heavy (non-hydrogen) atoms. The third kappa shape index (κ3) is 4.24. The number of halogens is 2. The molecule has 0 unspecified atom stereocenters. The number of rotatable bonds is 6. The van der Waals surface area contributed by atoms with Crippen LogP contribution in [0.4, 0.5) is 5.69 Å². The summed E-state index contributed by atoms with van der Waals surface area (Å²) in [7, 11) is 1.47. The van der Waals surface area contributed by atoms with Gasteiger partial charge in [0.1, 0.15) is 0 Å². The van der Waals surface area contributed by atoms with E-state index in [-0.39, 0.29) is 18.3 Å². The monoisotopic (exact) mass is 397 g/mol. The molecule has 0 aliphatic heterocycles. The van der Waals surface area contributed by atoms with Gasteiger partial charge in [-0.25, -0.2) is 0 Å². The maximum Gasteiger partial charge on any atom is 0.262 e. The van der Waals surface area contributed by atoms with Crippen LogP contribution in [0, 0.1) is 0 Å². The van der Waals surface area contributed by atoms with Crippen molar-refractivity contribution in [2.24, 2.45) is 0 Å². The number of nitrogens with one attached hydrogen (secondary N) is 1. The number of ether oxygens (including phenoxy) is 2. The molecule has 0 heterocycles. The lowest BCUT2D eigenvalue weighted by atomic mass is 10.2. The molecule has 0 saturated carbocycles. The van der Waals surface area contributed by atoms with E-state index in [1.165, 1.54) is 7.11 Å². The summed E-state index contributed by atoms with van der Waals surface area (Å²) in [5.74, 6) is 0.308. The van der Waals surface area contributed by atoms with Gasteiger partial charge in [-0.15, -0.1) is 0 Å². The standard InChI is InChI=1S/C16H13BrClNO4/c1-22-13-7-6-10(8-20)15(17)16(13)23-9-14(21)19-12-5-3-2-4-11(12)18/h2-8H,9H2,1H3,(H,19,21). The van der Waals surface area contributed by atoms with Crippen LogP contribution < -0.4 is 14.8 Å². The minimum Gasteiger partial charge on any atom is -0.493 e. The Morgan fingerprint density at radius 1 is 1.30 bits per heavy atom. The highest BCUT2D eigenvalue weighted by Crippen LogP contribution is 2.37. The molecular weight excluding hydrogens is 386 g/mol. The fourth-order valence-corrected chi connectivity index (χ4v) is 2.54. The fourth-order valence-electron chi connectivity index (χ4n) is 1.83. The van der Waals surface area contributed by atoms with Crippen LogP contribution in [0.15, 0.2) is 40.9 Å². The molecule has 0 saturated heterocycles. The molecule has 2 rings (SSSR count). The second-order valence-corrected chi connectivity index (χ2v) is 5.63. The first-order chi connectivity index (χ1) is 11.1. The molecule has 0 fully saturated rings. The minimum atomic E-state index is -0.386. The Bertz CT molecular complexity index is 736. The first-order valence-corrected chi connectivity index (χ1v) is 7.72. The third-order valence-electron chi connectivity index (χ3n) is 2.93. The molecule has 5 nitrogen and oxygen atoms in total. The van der Waals surface area contributed by atoms with Crippen molar-refractivity contribution >= 4 is 45.4 Å². The largest absolute Gasteiger partial charge is 0.493 e. The van der Waals surface area contributed by atoms with Crippen LogP contribution in [0.1, 0.15) is 10.4 Å². The Labute approximate surface area is 146 Å². The van der Waals surface area contributed by atoms with E-state index in [1.807, 2.05) is 0 Å². The molecule has 2 aromatic carbocycles. The van der Waals surface area contributed by atoms with Crippen LogP contribution >= 0.6 is 27.5 Å². The van der Waals surface area contributed by atoms with Gasteiger partial charge in [0.25, 0.3) is 5.91 Å². The molecule has 7 heteroatoms. The number of amides is 1. The van der Waals surface area contributed by atoms with E-state index in [0.717, 1.165) is 0 Å². The van der Waals surface area contributed by atoms with Crippen LogP contribution in [0.25, 0.3) is 0 Å². The summed E-state index contributed by atoms with van der Waals surface area (Å²) < 4.78 is 11.1. The number of aldehydes is 1. The summed E-state index contributed by atoms with van der Waals surface area (Å²) in [6.45, 7) is -0.261. The zero-order valence-corrected chi connectivity index (χ0v) is 14.5.